The van der Waals surface area contributed by atoms with Crippen LogP contribution in [0.1, 0.15) is 44.7 Å². The van der Waals surface area contributed by atoms with E-state index in [9.17, 15) is 4.79 Å². The third-order valence-electron chi connectivity index (χ3n) is 4.67. The van der Waals surface area contributed by atoms with Gasteiger partial charge >= 0.3 is 0 Å². The van der Waals surface area contributed by atoms with Crippen molar-refractivity contribution in [2.75, 3.05) is 13.1 Å². The van der Waals surface area contributed by atoms with Crippen molar-refractivity contribution in [1.29, 1.82) is 0 Å². The van der Waals surface area contributed by atoms with Gasteiger partial charge in [-0.05, 0) is 30.2 Å². The van der Waals surface area contributed by atoms with E-state index in [-0.39, 0.29) is 5.91 Å². The Labute approximate surface area is 115 Å². The van der Waals surface area contributed by atoms with E-state index in [0.717, 1.165) is 37.9 Å². The quantitative estimate of drug-likeness (QED) is 0.904. The van der Waals surface area contributed by atoms with E-state index >= 15 is 0 Å². The minimum Gasteiger partial charge on any atom is -0.340 e. The van der Waals surface area contributed by atoms with Crippen LogP contribution in [-0.2, 0) is 4.79 Å². The van der Waals surface area contributed by atoms with Gasteiger partial charge in [0, 0.05) is 13.1 Å². The predicted octanol–water partition coefficient (Wildman–Crippen LogP) is 2.73. The Morgan fingerprint density at radius 2 is 1.95 bits per heavy atom. The fraction of sp³-hybridized carbons (Fsp3) is 0.562. The van der Waals surface area contributed by atoms with E-state index in [4.69, 9.17) is 5.73 Å². The van der Waals surface area contributed by atoms with Crippen LogP contribution >= 0.6 is 0 Å². The van der Waals surface area contributed by atoms with Crippen LogP contribution in [0.25, 0.3) is 0 Å². The Bertz CT molecular complexity index is 426. The summed E-state index contributed by atoms with van der Waals surface area (Å²) < 4.78 is 0. The lowest BCUT2D eigenvalue weighted by atomic mass is 9.82. The van der Waals surface area contributed by atoms with Gasteiger partial charge in [-0.15, -0.1) is 0 Å². The third-order valence-corrected chi connectivity index (χ3v) is 4.67. The molecule has 1 aromatic rings. The van der Waals surface area contributed by atoms with Crippen molar-refractivity contribution >= 4 is 5.91 Å². The molecule has 0 spiro atoms. The molecule has 0 aromatic heterocycles. The molecule has 1 heterocycles. The Kier molecular flexibility index (Phi) is 4.25. The molecule has 1 aliphatic rings. The maximum atomic E-state index is 12.5. The van der Waals surface area contributed by atoms with Crippen molar-refractivity contribution in [2.24, 2.45) is 11.1 Å². The van der Waals surface area contributed by atoms with E-state index < -0.39 is 6.04 Å². The third kappa shape index (κ3) is 2.81. The average Bonchev–Trinajstić information content (AvgIpc) is 2.92. The number of amides is 1. The van der Waals surface area contributed by atoms with Crippen LogP contribution in [0, 0.1) is 5.41 Å². The molecule has 1 aromatic carbocycles. The van der Waals surface area contributed by atoms with Crippen molar-refractivity contribution in [3.8, 4) is 0 Å². The van der Waals surface area contributed by atoms with Crippen LogP contribution < -0.4 is 5.73 Å². The summed E-state index contributed by atoms with van der Waals surface area (Å²) in [5.74, 6) is 0.0648. The molecule has 1 saturated heterocycles. The summed E-state index contributed by atoms with van der Waals surface area (Å²) in [7, 11) is 0. The lowest BCUT2D eigenvalue weighted by Crippen LogP contribution is -2.38. The molecule has 1 atom stereocenters. The number of hydrogen-bond donors (Lipinski definition) is 1. The first kappa shape index (κ1) is 14.1. The van der Waals surface area contributed by atoms with Crippen molar-refractivity contribution in [2.45, 2.75) is 39.2 Å². The molecule has 0 saturated carbocycles. The molecule has 0 bridgehead atoms. The molecular formula is C16H24N2O. The highest BCUT2D eigenvalue weighted by Gasteiger charge is 2.38. The van der Waals surface area contributed by atoms with Crippen LogP contribution in [-0.4, -0.2) is 23.9 Å². The van der Waals surface area contributed by atoms with Gasteiger partial charge < -0.3 is 10.6 Å². The van der Waals surface area contributed by atoms with Crippen LogP contribution in [0.2, 0.25) is 0 Å². The first-order chi connectivity index (χ1) is 9.12. The van der Waals surface area contributed by atoms with Crippen LogP contribution in [0.15, 0.2) is 30.3 Å². The highest BCUT2D eigenvalue weighted by atomic mass is 16.2. The molecule has 2 rings (SSSR count). The summed E-state index contributed by atoms with van der Waals surface area (Å²) in [6.45, 7) is 6.14. The topological polar surface area (TPSA) is 46.3 Å². The molecule has 0 aliphatic carbocycles. The normalized spacial score (nSPS) is 19.4. The summed E-state index contributed by atoms with van der Waals surface area (Å²) in [4.78, 5) is 14.4. The van der Waals surface area contributed by atoms with Crippen LogP contribution in [0.4, 0.5) is 0 Å². The van der Waals surface area contributed by atoms with Gasteiger partial charge in [0.25, 0.3) is 0 Å². The Hall–Kier alpha value is -1.35. The summed E-state index contributed by atoms with van der Waals surface area (Å²) in [6, 6.07) is 9.11. The summed E-state index contributed by atoms with van der Waals surface area (Å²) in [6.07, 6.45) is 3.37. The molecule has 3 heteroatoms. The highest BCUT2D eigenvalue weighted by Crippen LogP contribution is 2.37. The number of carbonyl (C=O) groups is 1. The van der Waals surface area contributed by atoms with E-state index in [1.807, 2.05) is 35.2 Å². The second-order valence-corrected chi connectivity index (χ2v) is 5.61. The van der Waals surface area contributed by atoms with Crippen molar-refractivity contribution in [1.82, 2.24) is 4.90 Å². The Morgan fingerprint density at radius 3 is 2.47 bits per heavy atom. The van der Waals surface area contributed by atoms with Gasteiger partial charge in [0.05, 0.1) is 0 Å². The average molecular weight is 260 g/mol. The van der Waals surface area contributed by atoms with Crippen molar-refractivity contribution in [3.63, 3.8) is 0 Å². The van der Waals surface area contributed by atoms with Crippen LogP contribution in [0.3, 0.4) is 0 Å². The van der Waals surface area contributed by atoms with E-state index in [1.54, 1.807) is 0 Å². The number of carbonyl (C=O) groups excluding carboxylic acids is 1. The molecule has 3 nitrogen and oxygen atoms in total. The molecule has 0 radical (unpaired) electrons. The van der Waals surface area contributed by atoms with Crippen LogP contribution in [0.5, 0.6) is 0 Å². The predicted molar refractivity (Wildman–Crippen MR) is 77.6 cm³/mol. The van der Waals surface area contributed by atoms with E-state index in [2.05, 4.69) is 13.8 Å². The van der Waals surface area contributed by atoms with Crippen molar-refractivity contribution in [3.05, 3.63) is 35.9 Å². The molecule has 0 unspecified atom stereocenters. The number of benzene rings is 1. The zero-order valence-corrected chi connectivity index (χ0v) is 11.9. The van der Waals surface area contributed by atoms with Gasteiger partial charge in [0.15, 0.2) is 0 Å². The van der Waals surface area contributed by atoms with E-state index in [1.165, 1.54) is 0 Å². The fourth-order valence-electron chi connectivity index (χ4n) is 2.95. The summed E-state index contributed by atoms with van der Waals surface area (Å²) in [5, 5.41) is 0. The second-order valence-electron chi connectivity index (χ2n) is 5.61. The number of rotatable bonds is 4. The molecule has 1 aliphatic heterocycles. The van der Waals surface area contributed by atoms with Gasteiger partial charge in [-0.1, -0.05) is 44.2 Å². The standard InChI is InChI=1S/C16H24N2O/c1-3-16(4-2)10-11-18(12-16)15(19)14(17)13-8-6-5-7-9-13/h5-9,14H,3-4,10-12,17H2,1-2H3/t14-/m0/s1. The van der Waals surface area contributed by atoms with Gasteiger partial charge in [0.1, 0.15) is 6.04 Å². The Morgan fingerprint density at radius 1 is 1.32 bits per heavy atom. The minimum atomic E-state index is -0.522. The molecule has 2 N–H and O–H groups in total. The zero-order valence-electron chi connectivity index (χ0n) is 11.9. The SMILES string of the molecule is CCC1(CC)CCN(C(=O)[C@@H](N)c2ccccc2)C1. The summed E-state index contributed by atoms with van der Waals surface area (Å²) in [5.41, 5.74) is 7.31. The highest BCUT2D eigenvalue weighted by molar-refractivity contribution is 5.83. The number of likely N-dealkylation sites (tertiary alicyclic amines) is 1. The Balaban J connectivity index is 2.06. The van der Waals surface area contributed by atoms with Gasteiger partial charge in [-0.25, -0.2) is 0 Å². The summed E-state index contributed by atoms with van der Waals surface area (Å²) >= 11 is 0. The van der Waals surface area contributed by atoms with Crippen molar-refractivity contribution < 1.29 is 4.79 Å². The molecular weight excluding hydrogens is 236 g/mol. The van der Waals surface area contributed by atoms with E-state index in [0.29, 0.717) is 5.41 Å². The number of nitrogens with two attached hydrogens (primary N) is 1. The lowest BCUT2D eigenvalue weighted by molar-refractivity contribution is -0.132. The molecule has 19 heavy (non-hydrogen) atoms. The van der Waals surface area contributed by atoms with Gasteiger partial charge in [-0.3, -0.25) is 4.79 Å². The maximum absolute atomic E-state index is 12.5. The number of nitrogens with zero attached hydrogens (tertiary/aromatic N) is 1. The maximum Gasteiger partial charge on any atom is 0.244 e. The second kappa shape index (κ2) is 5.74. The molecule has 1 fully saturated rings. The monoisotopic (exact) mass is 260 g/mol. The van der Waals surface area contributed by atoms with Gasteiger partial charge in [-0.2, -0.15) is 0 Å². The number of hydrogen-bond acceptors (Lipinski definition) is 2. The zero-order chi connectivity index (χ0) is 13.9. The minimum absolute atomic E-state index is 0.0648. The first-order valence-corrected chi connectivity index (χ1v) is 7.21. The molecule has 1 amide bonds. The van der Waals surface area contributed by atoms with Gasteiger partial charge in [0.2, 0.25) is 5.91 Å². The smallest absolute Gasteiger partial charge is 0.244 e. The largest absolute Gasteiger partial charge is 0.340 e. The fourth-order valence-corrected chi connectivity index (χ4v) is 2.95. The lowest BCUT2D eigenvalue weighted by Gasteiger charge is -2.27. The molecule has 104 valence electrons. The first-order valence-electron chi connectivity index (χ1n) is 7.21.